The quantitative estimate of drug-likeness (QED) is 0.663. The maximum Gasteiger partial charge on any atom is 0.226 e. The van der Waals surface area contributed by atoms with Gasteiger partial charge in [0.1, 0.15) is 5.82 Å². The summed E-state index contributed by atoms with van der Waals surface area (Å²) < 4.78 is 1.89. The average Bonchev–Trinajstić information content (AvgIpc) is 2.87. The van der Waals surface area contributed by atoms with Gasteiger partial charge in [-0.05, 0) is 13.0 Å². The molecule has 4 rings (SSSR count). The Hall–Kier alpha value is -2.19. The fraction of sp³-hybridized carbons (Fsp3) is 0.562. The SMILES string of the molecule is O=C(NCCO)C1CN(c2c3c(nc4ccnn24)CCNCC3)C1. The van der Waals surface area contributed by atoms with Gasteiger partial charge in [0.2, 0.25) is 5.91 Å². The van der Waals surface area contributed by atoms with Crippen LogP contribution in [0, 0.1) is 5.92 Å². The Balaban J connectivity index is 1.61. The molecule has 2 aromatic rings. The van der Waals surface area contributed by atoms with Crippen LogP contribution in [0.4, 0.5) is 5.82 Å². The molecule has 0 atom stereocenters. The number of amides is 1. The molecule has 8 nitrogen and oxygen atoms in total. The summed E-state index contributed by atoms with van der Waals surface area (Å²) in [5, 5.41) is 19.4. The van der Waals surface area contributed by atoms with Crippen LogP contribution in [-0.2, 0) is 17.6 Å². The van der Waals surface area contributed by atoms with Gasteiger partial charge in [0.15, 0.2) is 5.65 Å². The fourth-order valence-electron chi connectivity index (χ4n) is 3.48. The summed E-state index contributed by atoms with van der Waals surface area (Å²) in [6, 6.07) is 1.92. The lowest BCUT2D eigenvalue weighted by molar-refractivity contribution is -0.125. The zero-order chi connectivity index (χ0) is 16.5. The minimum atomic E-state index is -0.0325. The zero-order valence-corrected chi connectivity index (χ0v) is 13.5. The van der Waals surface area contributed by atoms with Crippen LogP contribution < -0.4 is 15.5 Å². The van der Waals surface area contributed by atoms with Crippen LogP contribution in [0.25, 0.3) is 5.65 Å². The zero-order valence-electron chi connectivity index (χ0n) is 13.5. The van der Waals surface area contributed by atoms with E-state index in [-0.39, 0.29) is 18.4 Å². The first-order valence-electron chi connectivity index (χ1n) is 8.47. The highest BCUT2D eigenvalue weighted by Gasteiger charge is 2.36. The first kappa shape index (κ1) is 15.3. The average molecular weight is 330 g/mol. The van der Waals surface area contributed by atoms with Crippen molar-refractivity contribution in [2.24, 2.45) is 5.92 Å². The van der Waals surface area contributed by atoms with Gasteiger partial charge < -0.3 is 20.6 Å². The van der Waals surface area contributed by atoms with E-state index in [9.17, 15) is 4.79 Å². The number of anilines is 1. The minimum absolute atomic E-state index is 0.0128. The Kier molecular flexibility index (Phi) is 4.07. The van der Waals surface area contributed by atoms with Crippen molar-refractivity contribution >= 4 is 17.4 Å². The lowest BCUT2D eigenvalue weighted by atomic mass is 9.97. The third-order valence-electron chi connectivity index (χ3n) is 4.74. The molecule has 1 fully saturated rings. The van der Waals surface area contributed by atoms with Gasteiger partial charge in [-0.1, -0.05) is 0 Å². The van der Waals surface area contributed by atoms with Crippen molar-refractivity contribution in [1.82, 2.24) is 25.2 Å². The van der Waals surface area contributed by atoms with Crippen LogP contribution in [0.3, 0.4) is 0 Å². The van der Waals surface area contributed by atoms with E-state index in [4.69, 9.17) is 10.1 Å². The molecule has 128 valence electrons. The third kappa shape index (κ3) is 2.61. The van der Waals surface area contributed by atoms with Gasteiger partial charge in [-0.3, -0.25) is 4.79 Å². The Bertz CT molecular complexity index is 752. The van der Waals surface area contributed by atoms with Crippen molar-refractivity contribution in [2.75, 3.05) is 44.2 Å². The topological polar surface area (TPSA) is 94.8 Å². The summed E-state index contributed by atoms with van der Waals surface area (Å²) in [6.45, 7) is 3.51. The number of hydrogen-bond acceptors (Lipinski definition) is 6. The van der Waals surface area contributed by atoms with Crippen LogP contribution in [0.15, 0.2) is 12.3 Å². The maximum absolute atomic E-state index is 12.0. The molecule has 4 heterocycles. The molecule has 2 aliphatic rings. The molecule has 3 N–H and O–H groups in total. The molecular formula is C16H22N6O2. The number of aliphatic hydroxyl groups is 1. The lowest BCUT2D eigenvalue weighted by Crippen LogP contribution is -2.55. The van der Waals surface area contributed by atoms with Crippen molar-refractivity contribution in [1.29, 1.82) is 0 Å². The first-order valence-corrected chi connectivity index (χ1v) is 8.47. The summed E-state index contributed by atoms with van der Waals surface area (Å²) in [4.78, 5) is 19.0. The fourth-order valence-corrected chi connectivity index (χ4v) is 3.48. The number of carbonyl (C=O) groups is 1. The molecule has 0 aliphatic carbocycles. The van der Waals surface area contributed by atoms with Crippen molar-refractivity contribution < 1.29 is 9.90 Å². The standard InChI is InChI=1S/C16H22N6O2/c23-8-7-18-15(24)11-9-21(10-11)16-12-1-4-17-5-2-13(12)20-14-3-6-19-22(14)16/h3,6,11,17,23H,1-2,4-5,7-10H2,(H,18,24). The predicted molar refractivity (Wildman–Crippen MR) is 89.1 cm³/mol. The van der Waals surface area contributed by atoms with Crippen molar-refractivity contribution in [3.63, 3.8) is 0 Å². The predicted octanol–water partition coefficient (Wildman–Crippen LogP) is -1.04. The van der Waals surface area contributed by atoms with E-state index < -0.39 is 0 Å². The largest absolute Gasteiger partial charge is 0.395 e. The van der Waals surface area contributed by atoms with Crippen LogP contribution >= 0.6 is 0 Å². The van der Waals surface area contributed by atoms with E-state index in [1.165, 1.54) is 5.56 Å². The van der Waals surface area contributed by atoms with Gasteiger partial charge in [0.05, 0.1) is 24.4 Å². The highest BCUT2D eigenvalue weighted by molar-refractivity contribution is 5.82. The van der Waals surface area contributed by atoms with Crippen LogP contribution in [0.2, 0.25) is 0 Å². The molecule has 0 unspecified atom stereocenters. The summed E-state index contributed by atoms with van der Waals surface area (Å²) >= 11 is 0. The minimum Gasteiger partial charge on any atom is -0.395 e. The van der Waals surface area contributed by atoms with E-state index in [1.54, 1.807) is 6.20 Å². The Morgan fingerprint density at radius 1 is 1.38 bits per heavy atom. The van der Waals surface area contributed by atoms with E-state index in [1.807, 2.05) is 10.6 Å². The number of nitrogens with zero attached hydrogens (tertiary/aromatic N) is 4. The van der Waals surface area contributed by atoms with Gasteiger partial charge in [0.25, 0.3) is 0 Å². The molecule has 0 bridgehead atoms. The van der Waals surface area contributed by atoms with Gasteiger partial charge in [-0.25, -0.2) is 4.98 Å². The van der Waals surface area contributed by atoms with Gasteiger partial charge in [-0.2, -0.15) is 9.61 Å². The van der Waals surface area contributed by atoms with E-state index in [0.717, 1.165) is 43.1 Å². The molecule has 0 spiro atoms. The van der Waals surface area contributed by atoms with Gasteiger partial charge >= 0.3 is 0 Å². The summed E-state index contributed by atoms with van der Waals surface area (Å²) in [5.74, 6) is 1.06. The molecule has 2 aliphatic heterocycles. The molecule has 24 heavy (non-hydrogen) atoms. The van der Waals surface area contributed by atoms with Crippen molar-refractivity contribution in [2.45, 2.75) is 12.8 Å². The Morgan fingerprint density at radius 3 is 3.04 bits per heavy atom. The monoisotopic (exact) mass is 330 g/mol. The van der Waals surface area contributed by atoms with E-state index in [0.29, 0.717) is 19.6 Å². The molecule has 1 saturated heterocycles. The van der Waals surface area contributed by atoms with E-state index in [2.05, 4.69) is 20.6 Å². The molecule has 0 saturated carbocycles. The van der Waals surface area contributed by atoms with Crippen molar-refractivity contribution in [3.8, 4) is 0 Å². The second-order valence-electron chi connectivity index (χ2n) is 6.33. The van der Waals surface area contributed by atoms with Crippen LogP contribution in [-0.4, -0.2) is 64.9 Å². The number of rotatable bonds is 4. The smallest absolute Gasteiger partial charge is 0.226 e. The lowest BCUT2D eigenvalue weighted by Gasteiger charge is -2.41. The summed E-state index contributed by atoms with van der Waals surface area (Å²) in [6.07, 6.45) is 3.61. The molecular weight excluding hydrogens is 308 g/mol. The third-order valence-corrected chi connectivity index (χ3v) is 4.74. The number of fused-ring (bicyclic) bond motifs is 2. The van der Waals surface area contributed by atoms with Gasteiger partial charge in [0, 0.05) is 44.2 Å². The molecule has 0 radical (unpaired) electrons. The number of hydrogen-bond donors (Lipinski definition) is 3. The molecule has 2 aromatic heterocycles. The second-order valence-corrected chi connectivity index (χ2v) is 6.33. The Morgan fingerprint density at radius 2 is 2.21 bits per heavy atom. The highest BCUT2D eigenvalue weighted by atomic mass is 16.3. The first-order chi connectivity index (χ1) is 11.8. The maximum atomic E-state index is 12.0. The summed E-state index contributed by atoms with van der Waals surface area (Å²) in [5.41, 5.74) is 3.24. The molecule has 1 amide bonds. The number of carbonyl (C=O) groups excluding carboxylic acids is 1. The normalized spacial score (nSPS) is 18.1. The van der Waals surface area contributed by atoms with Crippen LogP contribution in [0.1, 0.15) is 11.3 Å². The highest BCUT2D eigenvalue weighted by Crippen LogP contribution is 2.31. The Labute approximate surface area is 139 Å². The van der Waals surface area contributed by atoms with Crippen LogP contribution in [0.5, 0.6) is 0 Å². The summed E-state index contributed by atoms with van der Waals surface area (Å²) in [7, 11) is 0. The molecule has 8 heteroatoms. The second kappa shape index (κ2) is 6.37. The van der Waals surface area contributed by atoms with Crippen molar-refractivity contribution in [3.05, 3.63) is 23.5 Å². The number of aliphatic hydroxyl groups excluding tert-OH is 1. The molecule has 0 aromatic carbocycles. The number of aromatic nitrogens is 3. The van der Waals surface area contributed by atoms with Gasteiger partial charge in [-0.15, -0.1) is 0 Å². The van der Waals surface area contributed by atoms with E-state index >= 15 is 0 Å². The number of nitrogens with one attached hydrogen (secondary N) is 2.